The molecule has 6 nitrogen and oxygen atoms in total. The number of benzene rings is 2. The Balaban J connectivity index is 1.92. The fourth-order valence-corrected chi connectivity index (χ4v) is 3.70. The van der Waals surface area contributed by atoms with Crippen molar-refractivity contribution in [3.63, 3.8) is 0 Å². The summed E-state index contributed by atoms with van der Waals surface area (Å²) >= 11 is 1.52. The van der Waals surface area contributed by atoms with Crippen LogP contribution in [0.4, 0.5) is 0 Å². The quantitative estimate of drug-likeness (QED) is 0.315. The third kappa shape index (κ3) is 2.84. The highest BCUT2D eigenvalue weighted by Crippen LogP contribution is 2.35. The maximum atomic E-state index is 11.0. The standard InChI is InChI=1S/C18H13N3O3S/c1-10-5-12(17-14(6-10)20-16(8-19-17)24-23-2)18-21-13-4-3-11(9-22)7-15(13)25-18/h3-9H,1-2H3. The van der Waals surface area contributed by atoms with Crippen LogP contribution >= 0.6 is 11.3 Å². The topological polar surface area (TPSA) is 74.2 Å². The Morgan fingerprint density at radius 1 is 1.12 bits per heavy atom. The largest absolute Gasteiger partial charge is 0.315 e. The molecule has 0 atom stereocenters. The molecule has 4 rings (SSSR count). The summed E-state index contributed by atoms with van der Waals surface area (Å²) in [5.74, 6) is 0.298. The van der Waals surface area contributed by atoms with Gasteiger partial charge in [0.1, 0.15) is 11.3 Å². The van der Waals surface area contributed by atoms with Crippen molar-refractivity contribution in [3.8, 4) is 16.5 Å². The second kappa shape index (κ2) is 6.19. The summed E-state index contributed by atoms with van der Waals surface area (Å²) in [6.07, 6.45) is 2.35. The minimum absolute atomic E-state index is 0.298. The van der Waals surface area contributed by atoms with Crippen LogP contribution in [-0.2, 0) is 4.89 Å². The van der Waals surface area contributed by atoms with Gasteiger partial charge in [-0.1, -0.05) is 0 Å². The van der Waals surface area contributed by atoms with Crippen LogP contribution < -0.4 is 4.89 Å². The fourth-order valence-electron chi connectivity index (χ4n) is 2.67. The van der Waals surface area contributed by atoms with E-state index in [4.69, 9.17) is 4.89 Å². The molecule has 0 bridgehead atoms. The van der Waals surface area contributed by atoms with Crippen LogP contribution in [0.2, 0.25) is 0 Å². The van der Waals surface area contributed by atoms with Crippen LogP contribution in [0.25, 0.3) is 31.8 Å². The highest BCUT2D eigenvalue weighted by Gasteiger charge is 2.14. The van der Waals surface area contributed by atoms with E-state index in [0.29, 0.717) is 17.0 Å². The van der Waals surface area contributed by atoms with Gasteiger partial charge in [0.25, 0.3) is 5.88 Å². The molecule has 0 saturated carbocycles. The number of thiazole rings is 1. The lowest BCUT2D eigenvalue weighted by Gasteiger charge is -2.06. The zero-order valence-electron chi connectivity index (χ0n) is 13.5. The second-order valence-electron chi connectivity index (χ2n) is 5.50. The summed E-state index contributed by atoms with van der Waals surface area (Å²) in [5, 5.41) is 0.835. The summed E-state index contributed by atoms with van der Waals surface area (Å²) < 4.78 is 0.960. The van der Waals surface area contributed by atoms with E-state index in [0.717, 1.165) is 38.2 Å². The molecule has 0 fully saturated rings. The van der Waals surface area contributed by atoms with E-state index >= 15 is 0 Å². The van der Waals surface area contributed by atoms with E-state index in [-0.39, 0.29) is 0 Å². The molecule has 0 radical (unpaired) electrons. The maximum absolute atomic E-state index is 11.0. The summed E-state index contributed by atoms with van der Waals surface area (Å²) in [5.41, 5.74) is 4.88. The third-order valence-electron chi connectivity index (χ3n) is 3.72. The third-order valence-corrected chi connectivity index (χ3v) is 4.77. The highest BCUT2D eigenvalue weighted by atomic mass is 32.1. The summed E-state index contributed by atoms with van der Waals surface area (Å²) in [6.45, 7) is 1.99. The first kappa shape index (κ1) is 15.6. The number of carbonyl (C=O) groups excluding carboxylic acids is 1. The van der Waals surface area contributed by atoms with Crippen LogP contribution in [0.5, 0.6) is 5.88 Å². The van der Waals surface area contributed by atoms with E-state index in [1.807, 2.05) is 31.2 Å². The van der Waals surface area contributed by atoms with Gasteiger partial charge >= 0.3 is 0 Å². The van der Waals surface area contributed by atoms with Gasteiger partial charge in [-0.05, 0) is 42.8 Å². The molecule has 0 aliphatic carbocycles. The van der Waals surface area contributed by atoms with Crippen LogP contribution in [0.3, 0.4) is 0 Å². The Kier molecular flexibility index (Phi) is 3.87. The zero-order chi connectivity index (χ0) is 17.4. The molecule has 0 aliphatic heterocycles. The molecular weight excluding hydrogens is 338 g/mol. The van der Waals surface area contributed by atoms with Crippen molar-refractivity contribution < 1.29 is 14.6 Å². The van der Waals surface area contributed by atoms with Gasteiger partial charge in [0.2, 0.25) is 0 Å². The number of carbonyl (C=O) groups is 1. The van der Waals surface area contributed by atoms with Crippen molar-refractivity contribution in [1.82, 2.24) is 15.0 Å². The minimum atomic E-state index is 0.298. The summed E-state index contributed by atoms with van der Waals surface area (Å²) in [4.78, 5) is 34.1. The average molecular weight is 351 g/mol. The lowest BCUT2D eigenvalue weighted by atomic mass is 10.1. The van der Waals surface area contributed by atoms with Gasteiger partial charge in [-0.25, -0.2) is 15.0 Å². The maximum Gasteiger partial charge on any atom is 0.275 e. The number of aldehydes is 1. The molecule has 0 N–H and O–H groups in total. The van der Waals surface area contributed by atoms with Gasteiger partial charge in [0.05, 0.1) is 34.6 Å². The number of aromatic nitrogens is 3. The van der Waals surface area contributed by atoms with Gasteiger partial charge < -0.3 is 4.89 Å². The van der Waals surface area contributed by atoms with Gasteiger partial charge in [0, 0.05) is 11.1 Å². The second-order valence-corrected chi connectivity index (χ2v) is 6.53. The first-order valence-corrected chi connectivity index (χ1v) is 8.34. The Bertz CT molecular complexity index is 1110. The first-order valence-electron chi connectivity index (χ1n) is 7.52. The lowest BCUT2D eigenvalue weighted by Crippen LogP contribution is -1.96. The lowest BCUT2D eigenvalue weighted by molar-refractivity contribution is -0.181. The highest BCUT2D eigenvalue weighted by molar-refractivity contribution is 7.21. The van der Waals surface area contributed by atoms with Crippen LogP contribution in [-0.4, -0.2) is 28.3 Å². The van der Waals surface area contributed by atoms with Crippen LogP contribution in [0.1, 0.15) is 15.9 Å². The van der Waals surface area contributed by atoms with E-state index in [1.54, 1.807) is 6.07 Å². The molecule has 2 aromatic heterocycles. The van der Waals surface area contributed by atoms with Gasteiger partial charge in [-0.3, -0.25) is 4.79 Å². The van der Waals surface area contributed by atoms with E-state index in [9.17, 15) is 4.79 Å². The smallest absolute Gasteiger partial charge is 0.275 e. The number of fused-ring (bicyclic) bond motifs is 2. The number of nitrogens with zero attached hydrogens (tertiary/aromatic N) is 3. The van der Waals surface area contributed by atoms with Crippen LogP contribution in [0.15, 0.2) is 36.5 Å². The average Bonchev–Trinajstić information content (AvgIpc) is 3.03. The van der Waals surface area contributed by atoms with Crippen molar-refractivity contribution >= 4 is 38.9 Å². The van der Waals surface area contributed by atoms with Crippen molar-refractivity contribution in [1.29, 1.82) is 0 Å². The molecule has 25 heavy (non-hydrogen) atoms. The molecule has 0 spiro atoms. The zero-order valence-corrected chi connectivity index (χ0v) is 14.3. The Morgan fingerprint density at radius 2 is 2.00 bits per heavy atom. The molecule has 0 aliphatic rings. The number of aryl methyl sites for hydroxylation is 1. The predicted octanol–water partition coefficient (Wildman–Crippen LogP) is 3.97. The molecule has 124 valence electrons. The van der Waals surface area contributed by atoms with Crippen molar-refractivity contribution in [3.05, 3.63) is 47.7 Å². The van der Waals surface area contributed by atoms with Gasteiger partial charge in [-0.2, -0.15) is 4.89 Å². The molecule has 7 heteroatoms. The molecule has 2 heterocycles. The van der Waals surface area contributed by atoms with E-state index in [1.165, 1.54) is 24.6 Å². The Morgan fingerprint density at radius 3 is 2.80 bits per heavy atom. The van der Waals surface area contributed by atoms with Crippen molar-refractivity contribution in [2.75, 3.05) is 7.11 Å². The predicted molar refractivity (Wildman–Crippen MR) is 95.9 cm³/mol. The monoisotopic (exact) mass is 351 g/mol. The number of rotatable bonds is 4. The molecule has 0 saturated heterocycles. The summed E-state index contributed by atoms with van der Waals surface area (Å²) in [7, 11) is 1.42. The molecule has 0 amide bonds. The van der Waals surface area contributed by atoms with Gasteiger partial charge in [0.15, 0.2) is 0 Å². The molecular formula is C18H13N3O3S. The molecule has 2 aromatic carbocycles. The van der Waals surface area contributed by atoms with Crippen molar-refractivity contribution in [2.24, 2.45) is 0 Å². The number of hydrogen-bond acceptors (Lipinski definition) is 7. The van der Waals surface area contributed by atoms with Crippen molar-refractivity contribution in [2.45, 2.75) is 6.92 Å². The molecule has 4 aromatic rings. The molecule has 0 unspecified atom stereocenters. The van der Waals surface area contributed by atoms with E-state index in [2.05, 4.69) is 19.8 Å². The normalized spacial score (nSPS) is 11.1. The van der Waals surface area contributed by atoms with E-state index < -0.39 is 0 Å². The Hall–Kier alpha value is -2.90. The SMILES string of the molecule is COOc1cnc2c(-c3nc4ccc(C=O)cc4s3)cc(C)cc2n1. The Labute approximate surface area is 147 Å². The first-order chi connectivity index (χ1) is 12.2. The minimum Gasteiger partial charge on any atom is -0.315 e. The summed E-state index contributed by atoms with van der Waals surface area (Å²) in [6, 6.07) is 9.44. The van der Waals surface area contributed by atoms with Crippen LogP contribution in [0, 0.1) is 6.92 Å². The number of hydrogen-bond donors (Lipinski definition) is 0. The van der Waals surface area contributed by atoms with Gasteiger partial charge in [-0.15, -0.1) is 11.3 Å². The fraction of sp³-hybridized carbons (Fsp3) is 0.111.